The minimum absolute atomic E-state index is 0.289. The minimum atomic E-state index is -0.300. The Morgan fingerprint density at radius 3 is 2.69 bits per heavy atom. The molecule has 0 radical (unpaired) electrons. The van der Waals surface area contributed by atoms with E-state index in [9.17, 15) is 9.18 Å². The molecule has 2 aromatic carbocycles. The van der Waals surface area contributed by atoms with Crippen LogP contribution in [0.4, 0.5) is 27.4 Å². The summed E-state index contributed by atoms with van der Waals surface area (Å²) in [5.41, 5.74) is 2.95. The highest BCUT2D eigenvalue weighted by atomic mass is 19.1. The molecule has 3 heterocycles. The second kappa shape index (κ2) is 11.5. The third kappa shape index (κ3) is 5.70. The molecule has 1 aliphatic rings. The van der Waals surface area contributed by atoms with Crippen LogP contribution in [-0.2, 0) is 4.79 Å². The SMILES string of the molecule is C=CC(=O)Nc1cc(Nc2nccc(-n3ccc4cc(F)ccc43)n2)c(OC)cc1N1CCN(CCC)CC1. The first-order valence-electron chi connectivity index (χ1n) is 13.0. The van der Waals surface area contributed by atoms with Crippen LogP contribution in [-0.4, -0.2) is 65.2 Å². The van der Waals surface area contributed by atoms with E-state index < -0.39 is 0 Å². The molecule has 202 valence electrons. The summed E-state index contributed by atoms with van der Waals surface area (Å²) in [5.74, 6) is 0.967. The average molecular weight is 530 g/mol. The van der Waals surface area contributed by atoms with Gasteiger partial charge < -0.3 is 24.8 Å². The lowest BCUT2D eigenvalue weighted by molar-refractivity contribution is -0.111. The monoisotopic (exact) mass is 529 g/mol. The van der Waals surface area contributed by atoms with Gasteiger partial charge in [-0.05, 0) is 55.4 Å². The summed E-state index contributed by atoms with van der Waals surface area (Å²) in [5, 5.41) is 6.97. The van der Waals surface area contributed by atoms with Crippen molar-refractivity contribution < 1.29 is 13.9 Å². The summed E-state index contributed by atoms with van der Waals surface area (Å²) in [7, 11) is 1.61. The van der Waals surface area contributed by atoms with Gasteiger partial charge in [-0.1, -0.05) is 13.5 Å². The molecule has 4 aromatic rings. The molecule has 10 heteroatoms. The number of anilines is 4. The number of piperazine rings is 1. The molecule has 0 saturated carbocycles. The maximum absolute atomic E-state index is 13.7. The second-order valence-corrected chi connectivity index (χ2v) is 9.34. The molecule has 0 spiro atoms. The van der Waals surface area contributed by atoms with Crippen molar-refractivity contribution in [1.82, 2.24) is 19.4 Å². The average Bonchev–Trinajstić information content (AvgIpc) is 3.37. The molecule has 0 aliphatic carbocycles. The summed E-state index contributed by atoms with van der Waals surface area (Å²) in [6.07, 6.45) is 5.86. The quantitative estimate of drug-likeness (QED) is 0.296. The van der Waals surface area contributed by atoms with Crippen LogP contribution < -0.4 is 20.3 Å². The summed E-state index contributed by atoms with van der Waals surface area (Å²) in [4.78, 5) is 26.1. The number of fused-ring (bicyclic) bond motifs is 1. The molecule has 9 nitrogen and oxygen atoms in total. The molecule has 0 bridgehead atoms. The van der Waals surface area contributed by atoms with Crippen LogP contribution in [0.2, 0.25) is 0 Å². The molecule has 2 aromatic heterocycles. The number of aromatic nitrogens is 3. The topological polar surface area (TPSA) is 87.5 Å². The lowest BCUT2D eigenvalue weighted by Crippen LogP contribution is -2.46. The first kappa shape index (κ1) is 26.2. The number of halogens is 1. The molecule has 5 rings (SSSR count). The number of carbonyl (C=O) groups excluding carboxylic acids is 1. The predicted molar refractivity (Wildman–Crippen MR) is 153 cm³/mol. The number of benzene rings is 2. The lowest BCUT2D eigenvalue weighted by Gasteiger charge is -2.37. The van der Waals surface area contributed by atoms with Crippen molar-refractivity contribution in [2.45, 2.75) is 13.3 Å². The van der Waals surface area contributed by atoms with E-state index in [1.807, 2.05) is 29.0 Å². The number of hydrogen-bond acceptors (Lipinski definition) is 7. The largest absolute Gasteiger partial charge is 0.494 e. The summed E-state index contributed by atoms with van der Waals surface area (Å²) in [6, 6.07) is 12.0. The van der Waals surface area contributed by atoms with Crippen molar-refractivity contribution in [3.63, 3.8) is 0 Å². The fourth-order valence-electron chi connectivity index (χ4n) is 4.89. The molecule has 39 heavy (non-hydrogen) atoms. The first-order chi connectivity index (χ1) is 19.0. The predicted octanol–water partition coefficient (Wildman–Crippen LogP) is 4.97. The van der Waals surface area contributed by atoms with Gasteiger partial charge in [0.2, 0.25) is 11.9 Å². The van der Waals surface area contributed by atoms with E-state index in [1.165, 1.54) is 18.2 Å². The highest BCUT2D eigenvalue weighted by Crippen LogP contribution is 2.38. The van der Waals surface area contributed by atoms with E-state index in [0.717, 1.165) is 55.7 Å². The van der Waals surface area contributed by atoms with Crippen LogP contribution in [0.5, 0.6) is 5.75 Å². The molecule has 2 N–H and O–H groups in total. The van der Waals surface area contributed by atoms with Gasteiger partial charge in [-0.25, -0.2) is 9.37 Å². The number of nitrogens with one attached hydrogen (secondary N) is 2. The Morgan fingerprint density at radius 2 is 1.95 bits per heavy atom. The molecule has 1 fully saturated rings. The maximum atomic E-state index is 13.7. The Labute approximate surface area is 226 Å². The van der Waals surface area contributed by atoms with E-state index >= 15 is 0 Å². The van der Waals surface area contributed by atoms with Crippen molar-refractivity contribution in [2.75, 3.05) is 55.4 Å². The van der Waals surface area contributed by atoms with Gasteiger partial charge in [-0.15, -0.1) is 0 Å². The van der Waals surface area contributed by atoms with Gasteiger partial charge >= 0.3 is 0 Å². The number of methoxy groups -OCH3 is 1. The van der Waals surface area contributed by atoms with Crippen LogP contribution in [0.3, 0.4) is 0 Å². The van der Waals surface area contributed by atoms with E-state index in [-0.39, 0.29) is 11.7 Å². The Kier molecular flexibility index (Phi) is 7.74. The number of nitrogens with zero attached hydrogens (tertiary/aromatic N) is 5. The minimum Gasteiger partial charge on any atom is -0.494 e. The van der Waals surface area contributed by atoms with E-state index in [0.29, 0.717) is 28.9 Å². The van der Waals surface area contributed by atoms with Gasteiger partial charge in [0.15, 0.2) is 0 Å². The summed E-state index contributed by atoms with van der Waals surface area (Å²) in [6.45, 7) is 10.4. The molecule has 0 atom stereocenters. The van der Waals surface area contributed by atoms with Crippen molar-refractivity contribution in [3.05, 3.63) is 73.3 Å². The van der Waals surface area contributed by atoms with Gasteiger partial charge in [0.25, 0.3) is 0 Å². The molecular weight excluding hydrogens is 497 g/mol. The smallest absolute Gasteiger partial charge is 0.247 e. The molecule has 1 amide bonds. The van der Waals surface area contributed by atoms with Crippen molar-refractivity contribution >= 4 is 39.8 Å². The number of carbonyl (C=O) groups is 1. The highest BCUT2D eigenvalue weighted by molar-refractivity contribution is 6.02. The van der Waals surface area contributed by atoms with Crippen molar-refractivity contribution in [2.24, 2.45) is 0 Å². The Morgan fingerprint density at radius 1 is 1.13 bits per heavy atom. The van der Waals surface area contributed by atoms with Crippen LogP contribution >= 0.6 is 0 Å². The van der Waals surface area contributed by atoms with Crippen LogP contribution in [0.15, 0.2) is 67.5 Å². The molecular formula is C29H32FN7O2. The summed E-state index contributed by atoms with van der Waals surface area (Å²) < 4.78 is 21.3. The fourth-order valence-corrected chi connectivity index (χ4v) is 4.89. The van der Waals surface area contributed by atoms with E-state index in [1.54, 1.807) is 25.4 Å². The maximum Gasteiger partial charge on any atom is 0.247 e. The zero-order chi connectivity index (χ0) is 27.4. The third-order valence-electron chi connectivity index (χ3n) is 6.80. The van der Waals surface area contributed by atoms with Gasteiger partial charge in [0, 0.05) is 50.0 Å². The number of rotatable bonds is 9. The van der Waals surface area contributed by atoms with E-state index in [2.05, 4.69) is 43.9 Å². The Hall–Kier alpha value is -4.44. The molecule has 1 saturated heterocycles. The fraction of sp³-hybridized carbons (Fsp3) is 0.276. The standard InChI is InChI=1S/C29H32FN7O2/c1-4-11-35-13-15-36(16-14-35)25-19-26(39-3)23(18-22(25)32-28(38)5-2)33-29-31-10-8-27(34-29)37-12-9-20-17-21(30)6-7-24(20)37/h5-10,12,17-19H,2,4,11,13-16H2,1,3H3,(H,32,38)(H,31,33,34). The van der Waals surface area contributed by atoms with Crippen LogP contribution in [0.1, 0.15) is 13.3 Å². The second-order valence-electron chi connectivity index (χ2n) is 9.34. The number of hydrogen-bond donors (Lipinski definition) is 2. The van der Waals surface area contributed by atoms with Crippen LogP contribution in [0.25, 0.3) is 16.7 Å². The Bertz CT molecular complexity index is 1490. The number of ether oxygens (including phenoxy) is 1. The van der Waals surface area contributed by atoms with Crippen molar-refractivity contribution in [1.29, 1.82) is 0 Å². The normalized spacial score (nSPS) is 13.9. The first-order valence-corrected chi connectivity index (χ1v) is 13.0. The molecule has 0 unspecified atom stereocenters. The van der Waals surface area contributed by atoms with Gasteiger partial charge in [0.1, 0.15) is 17.4 Å². The highest BCUT2D eigenvalue weighted by Gasteiger charge is 2.22. The van der Waals surface area contributed by atoms with Crippen LogP contribution in [0, 0.1) is 5.82 Å². The third-order valence-corrected chi connectivity index (χ3v) is 6.80. The van der Waals surface area contributed by atoms with Gasteiger partial charge in [-0.3, -0.25) is 9.69 Å². The zero-order valence-electron chi connectivity index (χ0n) is 22.2. The van der Waals surface area contributed by atoms with E-state index in [4.69, 9.17) is 4.74 Å². The number of amides is 1. The zero-order valence-corrected chi connectivity index (χ0v) is 22.2. The molecule has 1 aliphatic heterocycles. The summed E-state index contributed by atoms with van der Waals surface area (Å²) >= 11 is 0. The van der Waals surface area contributed by atoms with Gasteiger partial charge in [0.05, 0.1) is 29.7 Å². The lowest BCUT2D eigenvalue weighted by atomic mass is 10.1. The van der Waals surface area contributed by atoms with Gasteiger partial charge in [-0.2, -0.15) is 4.98 Å². The van der Waals surface area contributed by atoms with Crippen molar-refractivity contribution in [3.8, 4) is 11.6 Å². The Balaban J connectivity index is 1.46.